The molecule has 34 heavy (non-hydrogen) atoms. The second-order valence-corrected chi connectivity index (χ2v) is 9.68. The lowest BCUT2D eigenvalue weighted by Gasteiger charge is -2.25. The van der Waals surface area contributed by atoms with Crippen molar-refractivity contribution in [1.29, 1.82) is 0 Å². The van der Waals surface area contributed by atoms with Crippen LogP contribution < -0.4 is 21.3 Å². The normalized spacial score (nSPS) is 20.2. The number of hydrogen-bond acceptors (Lipinski definition) is 6. The molecule has 13 heteroatoms. The molecule has 192 valence electrons. The minimum atomic E-state index is -5.04. The third-order valence-corrected chi connectivity index (χ3v) is 5.35. The molecule has 0 radical (unpaired) electrons. The molecule has 2 aliphatic rings. The third-order valence-electron chi connectivity index (χ3n) is 5.35. The van der Waals surface area contributed by atoms with Crippen molar-refractivity contribution in [2.24, 2.45) is 11.8 Å². The molecule has 0 spiro atoms. The molecule has 10 nitrogen and oxygen atoms in total. The Balaban J connectivity index is 2.10. The fourth-order valence-electron chi connectivity index (χ4n) is 3.49. The maximum atomic E-state index is 12.9. The van der Waals surface area contributed by atoms with Crippen molar-refractivity contribution in [3.05, 3.63) is 0 Å². The Bertz CT molecular complexity index is 807. The van der Waals surface area contributed by atoms with Crippen molar-refractivity contribution >= 4 is 29.4 Å². The van der Waals surface area contributed by atoms with Crippen molar-refractivity contribution in [3.8, 4) is 0 Å². The lowest BCUT2D eigenvalue weighted by Crippen LogP contribution is -2.56. The van der Waals surface area contributed by atoms with Crippen LogP contribution in [0.15, 0.2) is 0 Å². The van der Waals surface area contributed by atoms with Gasteiger partial charge in [0.1, 0.15) is 12.6 Å². The van der Waals surface area contributed by atoms with Crippen LogP contribution in [-0.4, -0.2) is 66.5 Å². The van der Waals surface area contributed by atoms with Gasteiger partial charge >= 0.3 is 18.2 Å². The third kappa shape index (κ3) is 9.65. The lowest BCUT2D eigenvalue weighted by molar-refractivity contribution is -0.321. The van der Waals surface area contributed by atoms with Gasteiger partial charge in [0.15, 0.2) is 5.78 Å². The number of halogens is 3. The zero-order valence-corrected chi connectivity index (χ0v) is 19.3. The molecule has 2 rings (SSSR count). The number of rotatable bonds is 10. The number of ketones is 1. The molecule has 0 aromatic carbocycles. The van der Waals surface area contributed by atoms with Crippen LogP contribution in [0.4, 0.5) is 13.2 Å². The Morgan fingerprint density at radius 1 is 1.00 bits per heavy atom. The van der Waals surface area contributed by atoms with Gasteiger partial charge in [-0.15, -0.1) is 13.2 Å². The zero-order chi connectivity index (χ0) is 25.7. The van der Waals surface area contributed by atoms with Gasteiger partial charge in [-0.2, -0.15) is 0 Å². The first-order chi connectivity index (χ1) is 15.6. The van der Waals surface area contributed by atoms with Crippen LogP contribution in [0, 0.1) is 11.8 Å². The van der Waals surface area contributed by atoms with Crippen molar-refractivity contribution in [2.75, 3.05) is 13.2 Å². The number of Topliss-reactive ketones (excluding diaryl/α,β-unsaturated/α-hetero) is 1. The van der Waals surface area contributed by atoms with Gasteiger partial charge < -0.3 is 21.3 Å². The van der Waals surface area contributed by atoms with E-state index < -0.39 is 60.0 Å². The highest BCUT2D eigenvalue weighted by atomic mass is 19.4. The molecular weight excluding hydrogens is 461 g/mol. The minimum Gasteiger partial charge on any atom is -0.356 e. The van der Waals surface area contributed by atoms with Crippen LogP contribution in [0.3, 0.4) is 0 Å². The molecule has 0 aromatic heterocycles. The highest BCUT2D eigenvalue weighted by Crippen LogP contribution is 2.33. The Labute approximate surface area is 195 Å². The van der Waals surface area contributed by atoms with Crippen molar-refractivity contribution in [3.63, 3.8) is 0 Å². The van der Waals surface area contributed by atoms with E-state index >= 15 is 0 Å². The lowest BCUT2D eigenvalue weighted by atomic mass is 9.95. The largest absolute Gasteiger partial charge is 0.522 e. The van der Waals surface area contributed by atoms with Crippen LogP contribution in [-0.2, 0) is 28.7 Å². The molecule has 2 fully saturated rings. The SMILES string of the molecule is CC(C)(C)NC(=O)C(=O)N[C@@H](CC1CC1)C(=O)N[C@@H](C[C@@H]1CCNC1=O)C(=O)COC(F)(F)F. The molecule has 1 saturated carbocycles. The first kappa shape index (κ1) is 27.5. The summed E-state index contributed by atoms with van der Waals surface area (Å²) in [6.07, 6.45) is -3.07. The monoisotopic (exact) mass is 492 g/mol. The maximum absolute atomic E-state index is 12.9. The van der Waals surface area contributed by atoms with E-state index in [4.69, 9.17) is 0 Å². The van der Waals surface area contributed by atoms with E-state index in [1.54, 1.807) is 20.8 Å². The van der Waals surface area contributed by atoms with Crippen LogP contribution in [0.5, 0.6) is 0 Å². The molecule has 1 aliphatic heterocycles. The summed E-state index contributed by atoms with van der Waals surface area (Å²) in [4.78, 5) is 61.7. The molecule has 1 aliphatic carbocycles. The van der Waals surface area contributed by atoms with Crippen molar-refractivity contribution in [2.45, 2.75) is 76.9 Å². The van der Waals surface area contributed by atoms with Crippen molar-refractivity contribution in [1.82, 2.24) is 21.3 Å². The highest BCUT2D eigenvalue weighted by Gasteiger charge is 2.37. The highest BCUT2D eigenvalue weighted by molar-refractivity contribution is 6.35. The second kappa shape index (κ2) is 11.2. The van der Waals surface area contributed by atoms with Crippen molar-refractivity contribution < 1.29 is 41.9 Å². The molecule has 4 N–H and O–H groups in total. The van der Waals surface area contributed by atoms with Crippen LogP contribution >= 0.6 is 0 Å². The van der Waals surface area contributed by atoms with Gasteiger partial charge in [-0.3, -0.25) is 28.7 Å². The minimum absolute atomic E-state index is 0.130. The topological polar surface area (TPSA) is 143 Å². The Hall–Kier alpha value is -2.70. The van der Waals surface area contributed by atoms with E-state index in [1.165, 1.54) is 0 Å². The molecular formula is C21H31F3N4O6. The number of hydrogen-bond donors (Lipinski definition) is 4. The van der Waals surface area contributed by atoms with Gasteiger partial charge in [-0.25, -0.2) is 0 Å². The van der Waals surface area contributed by atoms with Gasteiger partial charge in [-0.1, -0.05) is 12.8 Å². The van der Waals surface area contributed by atoms with E-state index in [0.29, 0.717) is 13.0 Å². The summed E-state index contributed by atoms with van der Waals surface area (Å²) < 4.78 is 40.8. The molecule has 0 unspecified atom stereocenters. The molecule has 4 amide bonds. The average Bonchev–Trinajstić information content (AvgIpc) is 3.43. The van der Waals surface area contributed by atoms with Gasteiger partial charge in [-0.05, 0) is 46.0 Å². The van der Waals surface area contributed by atoms with E-state index in [9.17, 15) is 37.1 Å². The summed E-state index contributed by atoms with van der Waals surface area (Å²) in [7, 11) is 0. The van der Waals surface area contributed by atoms with Gasteiger partial charge in [0.2, 0.25) is 11.8 Å². The summed E-state index contributed by atoms with van der Waals surface area (Å²) >= 11 is 0. The summed E-state index contributed by atoms with van der Waals surface area (Å²) in [5.74, 6) is -4.80. The van der Waals surface area contributed by atoms with Crippen LogP contribution in [0.1, 0.15) is 52.9 Å². The average molecular weight is 492 g/mol. The van der Waals surface area contributed by atoms with E-state index in [2.05, 4.69) is 26.0 Å². The Kier molecular flexibility index (Phi) is 9.03. The molecule has 3 atom stereocenters. The summed E-state index contributed by atoms with van der Waals surface area (Å²) in [6.45, 7) is 4.03. The number of carbonyl (C=O) groups is 5. The predicted octanol–water partition coefficient (Wildman–Crippen LogP) is 0.303. The zero-order valence-electron chi connectivity index (χ0n) is 19.3. The van der Waals surface area contributed by atoms with Gasteiger partial charge in [0.25, 0.3) is 0 Å². The summed E-state index contributed by atoms with van der Waals surface area (Å²) in [5, 5.41) is 9.75. The smallest absolute Gasteiger partial charge is 0.356 e. The first-order valence-corrected chi connectivity index (χ1v) is 11.1. The number of alkyl halides is 3. The Morgan fingerprint density at radius 2 is 1.65 bits per heavy atom. The van der Waals surface area contributed by atoms with Crippen LogP contribution in [0.2, 0.25) is 0 Å². The molecule has 0 aromatic rings. The predicted molar refractivity (Wildman–Crippen MR) is 112 cm³/mol. The Morgan fingerprint density at radius 3 is 2.15 bits per heavy atom. The summed E-state index contributed by atoms with van der Waals surface area (Å²) in [6, 6.07) is -2.62. The van der Waals surface area contributed by atoms with E-state index in [1.807, 2.05) is 0 Å². The fourth-order valence-corrected chi connectivity index (χ4v) is 3.49. The van der Waals surface area contributed by atoms with Gasteiger partial charge in [0, 0.05) is 18.0 Å². The standard InChI is InChI=1S/C21H31F3N4O6/c1-20(2,3)28-19(33)18(32)27-14(8-11-4-5-11)17(31)26-13(9-12-6-7-25-16(12)30)15(29)10-34-21(22,23)24/h11-14H,4-10H2,1-3H3,(H,25,30)(H,26,31)(H,27,32)(H,28,33)/t12-,13-,14-/m0/s1. The van der Waals surface area contributed by atoms with Crippen LogP contribution in [0.25, 0.3) is 0 Å². The first-order valence-electron chi connectivity index (χ1n) is 11.1. The number of nitrogens with one attached hydrogen (secondary N) is 4. The molecule has 1 saturated heterocycles. The molecule has 0 bridgehead atoms. The van der Waals surface area contributed by atoms with Gasteiger partial charge in [0.05, 0.1) is 6.04 Å². The van der Waals surface area contributed by atoms with E-state index in [-0.39, 0.29) is 24.7 Å². The summed E-state index contributed by atoms with van der Waals surface area (Å²) in [5.41, 5.74) is -0.694. The fraction of sp³-hybridized carbons (Fsp3) is 0.762. The number of ether oxygens (including phenoxy) is 1. The number of amides is 4. The maximum Gasteiger partial charge on any atom is 0.522 e. The quantitative estimate of drug-likeness (QED) is 0.323. The second-order valence-electron chi connectivity index (χ2n) is 9.68. The molecule has 1 heterocycles. The number of carbonyl (C=O) groups excluding carboxylic acids is 5. The van der Waals surface area contributed by atoms with E-state index in [0.717, 1.165) is 12.8 Å².